The van der Waals surface area contributed by atoms with Crippen LogP contribution in [0.5, 0.6) is 0 Å². The van der Waals surface area contributed by atoms with Crippen molar-refractivity contribution in [3.05, 3.63) is 84.4 Å². The summed E-state index contributed by atoms with van der Waals surface area (Å²) in [4.78, 5) is 11.1. The van der Waals surface area contributed by atoms with Gasteiger partial charge in [0.15, 0.2) is 0 Å². The highest BCUT2D eigenvalue weighted by Gasteiger charge is 2.25. The van der Waals surface area contributed by atoms with Crippen LogP contribution in [0.4, 0.5) is 0 Å². The van der Waals surface area contributed by atoms with Crippen molar-refractivity contribution < 1.29 is 14.0 Å². The molecule has 2 aromatic carbocycles. The Bertz CT molecular complexity index is 656. The standard InChI is InChI=1S/C25H34NO2/c1-3-25(27)28-20-14-6-5-13-19-26(4-2,21-23-15-9-7-10-16-23)22-24-17-11-8-12-18-24/h3,7-12,15-18H,1,4-6,13-14,19-22H2,2H3/q+1. The fourth-order valence-corrected chi connectivity index (χ4v) is 3.67. The highest BCUT2D eigenvalue weighted by molar-refractivity contribution is 5.81. The van der Waals surface area contributed by atoms with Crippen LogP contribution in [0.25, 0.3) is 0 Å². The molecule has 0 bridgehead atoms. The van der Waals surface area contributed by atoms with E-state index in [1.165, 1.54) is 23.6 Å². The zero-order valence-electron chi connectivity index (χ0n) is 17.2. The maximum atomic E-state index is 11.1. The van der Waals surface area contributed by atoms with Crippen LogP contribution in [0.1, 0.15) is 43.7 Å². The molecule has 28 heavy (non-hydrogen) atoms. The van der Waals surface area contributed by atoms with Crippen molar-refractivity contribution in [3.63, 3.8) is 0 Å². The highest BCUT2D eigenvalue weighted by Crippen LogP contribution is 2.21. The molecule has 3 heteroatoms. The van der Waals surface area contributed by atoms with E-state index in [1.54, 1.807) is 0 Å². The third kappa shape index (κ3) is 7.69. The summed E-state index contributed by atoms with van der Waals surface area (Å²) in [6, 6.07) is 21.6. The second-order valence-electron chi connectivity index (χ2n) is 7.45. The number of nitrogens with zero attached hydrogens (tertiary/aromatic N) is 1. The smallest absolute Gasteiger partial charge is 0.330 e. The Labute approximate surface area is 170 Å². The molecule has 0 saturated carbocycles. The van der Waals surface area contributed by atoms with Crippen LogP contribution in [0.15, 0.2) is 73.3 Å². The van der Waals surface area contributed by atoms with Gasteiger partial charge in [-0.2, -0.15) is 0 Å². The largest absolute Gasteiger partial charge is 0.463 e. The van der Waals surface area contributed by atoms with Gasteiger partial charge in [-0.15, -0.1) is 0 Å². The molecule has 0 fully saturated rings. The number of quaternary nitrogens is 1. The summed E-state index contributed by atoms with van der Waals surface area (Å²) in [6.45, 7) is 10.6. The maximum absolute atomic E-state index is 11.1. The lowest BCUT2D eigenvalue weighted by Crippen LogP contribution is -2.47. The predicted octanol–water partition coefficient (Wildman–Crippen LogP) is 5.51. The lowest BCUT2D eigenvalue weighted by molar-refractivity contribution is -0.952. The van der Waals surface area contributed by atoms with Crippen molar-refractivity contribution in [1.82, 2.24) is 0 Å². The van der Waals surface area contributed by atoms with Crippen LogP contribution in [-0.2, 0) is 22.6 Å². The first-order valence-electron chi connectivity index (χ1n) is 10.4. The molecule has 0 radical (unpaired) electrons. The molecule has 2 aromatic rings. The Hall–Kier alpha value is -2.39. The summed E-state index contributed by atoms with van der Waals surface area (Å²) >= 11 is 0. The molecule has 0 unspecified atom stereocenters. The van der Waals surface area contributed by atoms with Crippen LogP contribution in [0.2, 0.25) is 0 Å². The van der Waals surface area contributed by atoms with Crippen LogP contribution < -0.4 is 0 Å². The van der Waals surface area contributed by atoms with E-state index in [9.17, 15) is 4.79 Å². The number of benzene rings is 2. The van der Waals surface area contributed by atoms with E-state index in [-0.39, 0.29) is 5.97 Å². The lowest BCUT2D eigenvalue weighted by Gasteiger charge is -2.38. The van der Waals surface area contributed by atoms with Gasteiger partial charge in [0.05, 0.1) is 19.7 Å². The lowest BCUT2D eigenvalue weighted by atomic mass is 10.1. The molecular weight excluding hydrogens is 346 g/mol. The third-order valence-electron chi connectivity index (χ3n) is 5.33. The number of unbranched alkanes of at least 4 members (excludes halogenated alkanes) is 3. The molecule has 0 saturated heterocycles. The summed E-state index contributed by atoms with van der Waals surface area (Å²) in [7, 11) is 0. The highest BCUT2D eigenvalue weighted by atomic mass is 16.5. The number of rotatable bonds is 13. The SMILES string of the molecule is C=CC(=O)OCCCCCC[N+](CC)(Cc1ccccc1)Cc1ccccc1. The summed E-state index contributed by atoms with van der Waals surface area (Å²) in [6.07, 6.45) is 5.58. The van der Waals surface area contributed by atoms with Crippen molar-refractivity contribution in [2.75, 3.05) is 19.7 Å². The van der Waals surface area contributed by atoms with Gasteiger partial charge in [-0.3, -0.25) is 0 Å². The number of hydrogen-bond acceptors (Lipinski definition) is 2. The Morgan fingerprint density at radius 1 is 0.893 bits per heavy atom. The zero-order chi connectivity index (χ0) is 20.1. The molecule has 0 aliphatic rings. The Balaban J connectivity index is 1.91. The van der Waals surface area contributed by atoms with E-state index in [0.717, 1.165) is 49.9 Å². The van der Waals surface area contributed by atoms with Gasteiger partial charge in [0.1, 0.15) is 13.1 Å². The van der Waals surface area contributed by atoms with Crippen LogP contribution in [-0.4, -0.2) is 30.1 Å². The Morgan fingerprint density at radius 3 is 1.93 bits per heavy atom. The van der Waals surface area contributed by atoms with Gasteiger partial charge in [0, 0.05) is 17.2 Å². The second kappa shape index (κ2) is 12.1. The van der Waals surface area contributed by atoms with Gasteiger partial charge in [0.25, 0.3) is 0 Å². The molecule has 0 aromatic heterocycles. The van der Waals surface area contributed by atoms with Crippen molar-refractivity contribution >= 4 is 5.97 Å². The molecule has 2 rings (SSSR count). The number of carbonyl (C=O) groups excluding carboxylic acids is 1. The molecule has 0 aliphatic carbocycles. The average Bonchev–Trinajstić information content (AvgIpc) is 2.74. The van der Waals surface area contributed by atoms with E-state index in [1.807, 2.05) is 0 Å². The van der Waals surface area contributed by atoms with E-state index < -0.39 is 0 Å². The molecule has 0 spiro atoms. The molecule has 3 nitrogen and oxygen atoms in total. The number of carbonyl (C=O) groups is 1. The zero-order valence-corrected chi connectivity index (χ0v) is 17.2. The molecule has 0 heterocycles. The summed E-state index contributed by atoms with van der Waals surface area (Å²) in [5.74, 6) is -0.326. The van der Waals surface area contributed by atoms with Gasteiger partial charge >= 0.3 is 5.97 Å². The number of esters is 1. The molecule has 0 atom stereocenters. The topological polar surface area (TPSA) is 26.3 Å². The first-order valence-corrected chi connectivity index (χ1v) is 10.4. The number of ether oxygens (including phenoxy) is 1. The van der Waals surface area contributed by atoms with E-state index >= 15 is 0 Å². The molecule has 0 amide bonds. The van der Waals surface area contributed by atoms with Gasteiger partial charge in [-0.1, -0.05) is 67.2 Å². The molecule has 0 N–H and O–H groups in total. The van der Waals surface area contributed by atoms with Crippen molar-refractivity contribution in [2.24, 2.45) is 0 Å². The van der Waals surface area contributed by atoms with Crippen molar-refractivity contribution in [1.29, 1.82) is 0 Å². The maximum Gasteiger partial charge on any atom is 0.330 e. The summed E-state index contributed by atoms with van der Waals surface area (Å²) < 4.78 is 6.13. The number of hydrogen-bond donors (Lipinski definition) is 0. The van der Waals surface area contributed by atoms with Crippen LogP contribution >= 0.6 is 0 Å². The minimum absolute atomic E-state index is 0.326. The van der Waals surface area contributed by atoms with Crippen LogP contribution in [0.3, 0.4) is 0 Å². The Kier molecular flexibility index (Phi) is 9.50. The average molecular weight is 381 g/mol. The predicted molar refractivity (Wildman–Crippen MR) is 116 cm³/mol. The third-order valence-corrected chi connectivity index (χ3v) is 5.33. The van der Waals surface area contributed by atoms with Gasteiger partial charge in [-0.25, -0.2) is 4.79 Å². The Morgan fingerprint density at radius 2 is 1.43 bits per heavy atom. The quantitative estimate of drug-likeness (QED) is 0.198. The second-order valence-corrected chi connectivity index (χ2v) is 7.45. The van der Waals surface area contributed by atoms with Gasteiger partial charge in [-0.05, 0) is 32.6 Å². The van der Waals surface area contributed by atoms with E-state index in [4.69, 9.17) is 4.74 Å². The van der Waals surface area contributed by atoms with Crippen LogP contribution in [0, 0.1) is 0 Å². The first-order chi connectivity index (χ1) is 13.7. The fourth-order valence-electron chi connectivity index (χ4n) is 3.67. The monoisotopic (exact) mass is 380 g/mol. The minimum Gasteiger partial charge on any atom is -0.463 e. The van der Waals surface area contributed by atoms with E-state index in [0.29, 0.717) is 6.61 Å². The minimum atomic E-state index is -0.326. The van der Waals surface area contributed by atoms with Gasteiger partial charge in [0.2, 0.25) is 0 Å². The molecule has 150 valence electrons. The molecule has 0 aliphatic heterocycles. The van der Waals surface area contributed by atoms with Crippen molar-refractivity contribution in [3.8, 4) is 0 Å². The first kappa shape index (κ1) is 21.9. The van der Waals surface area contributed by atoms with Crippen molar-refractivity contribution in [2.45, 2.75) is 45.7 Å². The summed E-state index contributed by atoms with van der Waals surface area (Å²) in [5.41, 5.74) is 2.80. The fraction of sp³-hybridized carbons (Fsp3) is 0.400. The normalized spacial score (nSPS) is 11.2. The summed E-state index contributed by atoms with van der Waals surface area (Å²) in [5, 5.41) is 0. The molecular formula is C25H34NO2+. The van der Waals surface area contributed by atoms with E-state index in [2.05, 4.69) is 74.2 Å². The van der Waals surface area contributed by atoms with Gasteiger partial charge < -0.3 is 9.22 Å².